The lowest BCUT2D eigenvalue weighted by Crippen LogP contribution is -2.47. The van der Waals surface area contributed by atoms with E-state index in [0.29, 0.717) is 12.4 Å². The van der Waals surface area contributed by atoms with Crippen molar-refractivity contribution < 1.29 is 9.90 Å². The minimum Gasteiger partial charge on any atom is -0.392 e. The Labute approximate surface area is 147 Å². The van der Waals surface area contributed by atoms with E-state index in [2.05, 4.69) is 20.8 Å². The Bertz CT molecular complexity index is 703. The highest BCUT2D eigenvalue weighted by molar-refractivity contribution is 5.73. The highest BCUT2D eigenvalue weighted by Crippen LogP contribution is 2.35. The maximum absolute atomic E-state index is 12.1. The molecule has 1 heterocycles. The number of aliphatic hydroxyl groups excluding tert-OH is 1. The molecule has 1 aromatic heterocycles. The van der Waals surface area contributed by atoms with Crippen LogP contribution in [0.5, 0.6) is 0 Å². The van der Waals surface area contributed by atoms with Crippen molar-refractivity contribution in [2.75, 3.05) is 6.54 Å². The number of benzene rings is 1. The van der Waals surface area contributed by atoms with Crippen LogP contribution in [-0.2, 0) is 6.54 Å². The summed E-state index contributed by atoms with van der Waals surface area (Å²) >= 11 is 0. The number of carbonyl (C=O) groups excluding carboxylic acids is 1. The lowest BCUT2D eigenvalue weighted by molar-refractivity contribution is 0.00308. The molecule has 1 aliphatic rings. The Morgan fingerprint density at radius 3 is 2.88 bits per heavy atom. The molecule has 0 spiro atoms. The monoisotopic (exact) mass is 343 g/mol. The summed E-state index contributed by atoms with van der Waals surface area (Å²) < 4.78 is 1.84. The highest BCUT2D eigenvalue weighted by Gasteiger charge is 2.35. The molecule has 1 saturated carbocycles. The van der Waals surface area contributed by atoms with Crippen LogP contribution in [0.3, 0.4) is 0 Å². The quantitative estimate of drug-likeness (QED) is 0.774. The number of para-hydroxylation sites is 1. The predicted molar refractivity (Wildman–Crippen MR) is 94.2 cm³/mol. The van der Waals surface area contributed by atoms with Gasteiger partial charge in [-0.1, -0.05) is 38.0 Å². The SMILES string of the molecule is CC1(CNC(=O)NCc2nncn2-c2ccccc2)CCCCC1O. The van der Waals surface area contributed by atoms with E-state index < -0.39 is 0 Å². The van der Waals surface area contributed by atoms with Crippen LogP contribution in [0.2, 0.25) is 0 Å². The van der Waals surface area contributed by atoms with Crippen LogP contribution >= 0.6 is 0 Å². The van der Waals surface area contributed by atoms with Crippen LogP contribution in [0, 0.1) is 5.41 Å². The van der Waals surface area contributed by atoms with E-state index in [1.165, 1.54) is 0 Å². The third-order valence-electron chi connectivity index (χ3n) is 4.99. The summed E-state index contributed by atoms with van der Waals surface area (Å²) in [6.07, 6.45) is 5.15. The first-order valence-corrected chi connectivity index (χ1v) is 8.72. The number of hydrogen-bond donors (Lipinski definition) is 3. The van der Waals surface area contributed by atoms with E-state index in [1.54, 1.807) is 6.33 Å². The molecule has 134 valence electrons. The van der Waals surface area contributed by atoms with Gasteiger partial charge >= 0.3 is 6.03 Å². The molecule has 3 rings (SSSR count). The molecule has 25 heavy (non-hydrogen) atoms. The minimum atomic E-state index is -0.359. The minimum absolute atomic E-state index is 0.250. The molecule has 0 aliphatic heterocycles. The summed E-state index contributed by atoms with van der Waals surface area (Å²) in [6.45, 7) is 2.77. The molecule has 1 aromatic carbocycles. The van der Waals surface area contributed by atoms with Gasteiger partial charge in [0.1, 0.15) is 6.33 Å². The fourth-order valence-electron chi connectivity index (χ4n) is 3.28. The smallest absolute Gasteiger partial charge is 0.315 e. The molecule has 2 unspecified atom stereocenters. The van der Waals surface area contributed by atoms with E-state index in [-0.39, 0.29) is 24.1 Å². The molecular formula is C18H25N5O2. The Kier molecular flexibility index (Phi) is 5.33. The summed E-state index contributed by atoms with van der Waals surface area (Å²) in [7, 11) is 0. The molecule has 0 saturated heterocycles. The summed E-state index contributed by atoms with van der Waals surface area (Å²) in [6, 6.07) is 9.47. The van der Waals surface area contributed by atoms with Crippen LogP contribution in [0.4, 0.5) is 4.79 Å². The fraction of sp³-hybridized carbons (Fsp3) is 0.500. The molecule has 1 aliphatic carbocycles. The second-order valence-electron chi connectivity index (χ2n) is 6.90. The lowest BCUT2D eigenvalue weighted by atomic mass is 9.73. The Morgan fingerprint density at radius 2 is 2.12 bits per heavy atom. The summed E-state index contributed by atoms with van der Waals surface area (Å²) in [5.74, 6) is 0.658. The highest BCUT2D eigenvalue weighted by atomic mass is 16.3. The molecule has 7 nitrogen and oxygen atoms in total. The summed E-state index contributed by atoms with van der Waals surface area (Å²) in [4.78, 5) is 12.1. The third kappa shape index (κ3) is 4.17. The van der Waals surface area contributed by atoms with Gasteiger partial charge in [-0.15, -0.1) is 10.2 Å². The van der Waals surface area contributed by atoms with Crippen molar-refractivity contribution in [3.05, 3.63) is 42.5 Å². The number of nitrogens with zero attached hydrogens (tertiary/aromatic N) is 3. The van der Waals surface area contributed by atoms with E-state index in [1.807, 2.05) is 41.8 Å². The van der Waals surface area contributed by atoms with Crippen molar-refractivity contribution in [3.63, 3.8) is 0 Å². The second-order valence-corrected chi connectivity index (χ2v) is 6.90. The Hall–Kier alpha value is -2.41. The zero-order chi connectivity index (χ0) is 17.7. The number of rotatable bonds is 5. The third-order valence-corrected chi connectivity index (χ3v) is 4.99. The van der Waals surface area contributed by atoms with Gasteiger partial charge in [-0.2, -0.15) is 0 Å². The van der Waals surface area contributed by atoms with Gasteiger partial charge in [0.15, 0.2) is 5.82 Å². The van der Waals surface area contributed by atoms with Crippen molar-refractivity contribution in [3.8, 4) is 5.69 Å². The maximum atomic E-state index is 12.1. The molecule has 2 atom stereocenters. The zero-order valence-electron chi connectivity index (χ0n) is 14.5. The number of hydrogen-bond acceptors (Lipinski definition) is 4. The van der Waals surface area contributed by atoms with Crippen molar-refractivity contribution in [2.45, 2.75) is 45.3 Å². The van der Waals surface area contributed by atoms with Gasteiger partial charge in [0.25, 0.3) is 0 Å². The van der Waals surface area contributed by atoms with Gasteiger partial charge in [-0.3, -0.25) is 4.57 Å². The number of aliphatic hydroxyl groups is 1. The fourth-order valence-corrected chi connectivity index (χ4v) is 3.28. The average Bonchev–Trinajstić information content (AvgIpc) is 3.10. The van der Waals surface area contributed by atoms with Crippen molar-refractivity contribution in [1.29, 1.82) is 0 Å². The number of urea groups is 1. The van der Waals surface area contributed by atoms with Crippen molar-refractivity contribution in [1.82, 2.24) is 25.4 Å². The van der Waals surface area contributed by atoms with Crippen LogP contribution < -0.4 is 10.6 Å². The number of aromatic nitrogens is 3. The van der Waals surface area contributed by atoms with Crippen molar-refractivity contribution >= 4 is 6.03 Å². The molecule has 3 N–H and O–H groups in total. The summed E-state index contributed by atoms with van der Waals surface area (Å²) in [5, 5.41) is 23.9. The van der Waals surface area contributed by atoms with Gasteiger partial charge in [0, 0.05) is 17.6 Å². The van der Waals surface area contributed by atoms with Gasteiger partial charge in [0.2, 0.25) is 0 Å². The van der Waals surface area contributed by atoms with Crippen LogP contribution in [-0.4, -0.2) is 38.6 Å². The van der Waals surface area contributed by atoms with Crippen LogP contribution in [0.15, 0.2) is 36.7 Å². The summed E-state index contributed by atoms with van der Waals surface area (Å²) in [5.41, 5.74) is 0.696. The lowest BCUT2D eigenvalue weighted by Gasteiger charge is -2.38. The topological polar surface area (TPSA) is 92.1 Å². The van der Waals surface area contributed by atoms with Gasteiger partial charge in [-0.25, -0.2) is 4.79 Å². The molecule has 1 fully saturated rings. The number of nitrogens with one attached hydrogen (secondary N) is 2. The van der Waals surface area contributed by atoms with E-state index >= 15 is 0 Å². The van der Waals surface area contributed by atoms with Crippen molar-refractivity contribution in [2.24, 2.45) is 5.41 Å². The number of amides is 2. The molecule has 7 heteroatoms. The standard InChI is InChI=1S/C18H25N5O2/c1-18(10-6-5-9-15(18)24)12-20-17(25)19-11-16-22-21-13-23(16)14-7-3-2-4-8-14/h2-4,7-8,13,15,24H,5-6,9-12H2,1H3,(H2,19,20,25). The molecule has 0 radical (unpaired) electrons. The first-order valence-electron chi connectivity index (χ1n) is 8.72. The molecular weight excluding hydrogens is 318 g/mol. The molecule has 2 aromatic rings. The second kappa shape index (κ2) is 7.65. The maximum Gasteiger partial charge on any atom is 0.315 e. The van der Waals surface area contributed by atoms with Gasteiger partial charge < -0.3 is 15.7 Å². The van der Waals surface area contributed by atoms with E-state index in [0.717, 1.165) is 31.4 Å². The Balaban J connectivity index is 1.53. The van der Waals surface area contributed by atoms with Crippen LogP contribution in [0.25, 0.3) is 5.69 Å². The van der Waals surface area contributed by atoms with E-state index in [9.17, 15) is 9.90 Å². The van der Waals surface area contributed by atoms with E-state index in [4.69, 9.17) is 0 Å². The van der Waals surface area contributed by atoms with Crippen LogP contribution in [0.1, 0.15) is 38.4 Å². The largest absolute Gasteiger partial charge is 0.392 e. The Morgan fingerprint density at radius 1 is 1.32 bits per heavy atom. The van der Waals surface area contributed by atoms with Gasteiger partial charge in [-0.05, 0) is 25.0 Å². The first kappa shape index (κ1) is 17.4. The molecule has 0 bridgehead atoms. The predicted octanol–water partition coefficient (Wildman–Crippen LogP) is 2.01. The average molecular weight is 343 g/mol. The normalized spacial score (nSPS) is 23.2. The number of carbonyl (C=O) groups is 1. The molecule has 2 amide bonds. The first-order chi connectivity index (χ1) is 12.1. The zero-order valence-corrected chi connectivity index (χ0v) is 14.5. The van der Waals surface area contributed by atoms with Gasteiger partial charge in [0.05, 0.1) is 12.6 Å².